The van der Waals surface area contributed by atoms with Crippen molar-refractivity contribution in [3.63, 3.8) is 0 Å². The van der Waals surface area contributed by atoms with Crippen molar-refractivity contribution < 1.29 is 9.90 Å². The minimum atomic E-state index is -0.705. The third kappa shape index (κ3) is 4.32. The molecule has 112 valence electrons. The molecule has 2 aromatic carbocycles. The SMILES string of the molecule is CCCCCC[C@@H](CC(=O)O)c1cccc2ccccc12. The second kappa shape index (κ2) is 7.82. The van der Waals surface area contributed by atoms with E-state index in [0.717, 1.165) is 12.8 Å². The summed E-state index contributed by atoms with van der Waals surface area (Å²) in [7, 11) is 0. The van der Waals surface area contributed by atoms with Crippen LogP contribution in [0.4, 0.5) is 0 Å². The lowest BCUT2D eigenvalue weighted by Gasteiger charge is -2.17. The average molecular weight is 284 g/mol. The van der Waals surface area contributed by atoms with E-state index in [2.05, 4.69) is 31.2 Å². The maximum atomic E-state index is 11.2. The molecule has 0 radical (unpaired) electrons. The molecule has 0 aliphatic carbocycles. The van der Waals surface area contributed by atoms with Gasteiger partial charge in [-0.1, -0.05) is 75.1 Å². The Labute approximate surface area is 126 Å². The molecule has 1 atom stereocenters. The predicted molar refractivity (Wildman–Crippen MR) is 87.7 cm³/mol. The van der Waals surface area contributed by atoms with E-state index in [-0.39, 0.29) is 12.3 Å². The van der Waals surface area contributed by atoms with E-state index < -0.39 is 5.97 Å². The van der Waals surface area contributed by atoms with E-state index in [0.29, 0.717) is 0 Å². The zero-order valence-corrected chi connectivity index (χ0v) is 12.7. The van der Waals surface area contributed by atoms with Crippen LogP contribution in [-0.4, -0.2) is 11.1 Å². The van der Waals surface area contributed by atoms with Crippen LogP contribution in [0.3, 0.4) is 0 Å². The fourth-order valence-corrected chi connectivity index (χ4v) is 3.00. The molecule has 0 unspecified atom stereocenters. The number of hydrogen-bond acceptors (Lipinski definition) is 1. The Balaban J connectivity index is 2.23. The van der Waals surface area contributed by atoms with Gasteiger partial charge in [-0.3, -0.25) is 4.79 Å². The van der Waals surface area contributed by atoms with E-state index in [1.807, 2.05) is 18.2 Å². The highest BCUT2D eigenvalue weighted by Gasteiger charge is 2.17. The van der Waals surface area contributed by atoms with Gasteiger partial charge in [0, 0.05) is 0 Å². The standard InChI is InChI=1S/C19H24O2/c1-2-3-4-5-10-16(14-19(20)21)18-13-8-11-15-9-6-7-12-17(15)18/h6-9,11-13,16H,2-5,10,14H2,1H3,(H,20,21)/t16-/m0/s1. The fraction of sp³-hybridized carbons (Fsp3) is 0.421. The number of hydrogen-bond donors (Lipinski definition) is 1. The number of rotatable bonds is 8. The van der Waals surface area contributed by atoms with Crippen molar-refractivity contribution in [2.45, 2.75) is 51.4 Å². The highest BCUT2D eigenvalue weighted by Crippen LogP contribution is 2.31. The molecular formula is C19H24O2. The maximum Gasteiger partial charge on any atom is 0.303 e. The maximum absolute atomic E-state index is 11.2. The van der Waals surface area contributed by atoms with E-state index in [9.17, 15) is 9.90 Å². The Morgan fingerprint density at radius 3 is 2.57 bits per heavy atom. The van der Waals surface area contributed by atoms with E-state index >= 15 is 0 Å². The van der Waals surface area contributed by atoms with Gasteiger partial charge in [0.2, 0.25) is 0 Å². The molecule has 0 bridgehead atoms. The molecule has 2 nitrogen and oxygen atoms in total. The fourth-order valence-electron chi connectivity index (χ4n) is 3.00. The van der Waals surface area contributed by atoms with Gasteiger partial charge in [0.1, 0.15) is 0 Å². The Morgan fingerprint density at radius 2 is 1.81 bits per heavy atom. The number of aliphatic carboxylic acids is 1. The number of fused-ring (bicyclic) bond motifs is 1. The Bertz CT molecular complexity index is 584. The molecule has 0 heterocycles. The highest BCUT2D eigenvalue weighted by molar-refractivity contribution is 5.86. The molecule has 0 spiro atoms. The van der Waals surface area contributed by atoms with Crippen molar-refractivity contribution >= 4 is 16.7 Å². The summed E-state index contributed by atoms with van der Waals surface area (Å²) in [5, 5.41) is 11.6. The van der Waals surface area contributed by atoms with Crippen LogP contribution in [0, 0.1) is 0 Å². The molecule has 0 aromatic heterocycles. The molecule has 0 aliphatic heterocycles. The Morgan fingerprint density at radius 1 is 1.05 bits per heavy atom. The van der Waals surface area contributed by atoms with E-state index in [1.165, 1.54) is 35.6 Å². The lowest BCUT2D eigenvalue weighted by atomic mass is 9.87. The zero-order chi connectivity index (χ0) is 15.1. The molecule has 2 heteroatoms. The monoisotopic (exact) mass is 284 g/mol. The Kier molecular flexibility index (Phi) is 5.79. The topological polar surface area (TPSA) is 37.3 Å². The number of carbonyl (C=O) groups is 1. The number of benzene rings is 2. The first kappa shape index (κ1) is 15.6. The van der Waals surface area contributed by atoms with Crippen LogP contribution in [0.25, 0.3) is 10.8 Å². The van der Waals surface area contributed by atoms with Crippen LogP contribution in [0.15, 0.2) is 42.5 Å². The summed E-state index contributed by atoms with van der Waals surface area (Å²) in [5.41, 5.74) is 1.19. The Hall–Kier alpha value is -1.83. The molecule has 2 rings (SSSR count). The largest absolute Gasteiger partial charge is 0.481 e. The van der Waals surface area contributed by atoms with Crippen LogP contribution in [0.2, 0.25) is 0 Å². The van der Waals surface area contributed by atoms with Gasteiger partial charge >= 0.3 is 5.97 Å². The molecular weight excluding hydrogens is 260 g/mol. The molecule has 0 amide bonds. The van der Waals surface area contributed by atoms with Crippen molar-refractivity contribution in [2.24, 2.45) is 0 Å². The van der Waals surface area contributed by atoms with Gasteiger partial charge in [-0.15, -0.1) is 0 Å². The minimum Gasteiger partial charge on any atom is -0.481 e. The predicted octanol–water partition coefficient (Wildman–Crippen LogP) is 5.37. The van der Waals surface area contributed by atoms with Crippen LogP contribution < -0.4 is 0 Å². The minimum absolute atomic E-state index is 0.116. The van der Waals surface area contributed by atoms with Gasteiger partial charge in [0.25, 0.3) is 0 Å². The van der Waals surface area contributed by atoms with Gasteiger partial charge in [0.15, 0.2) is 0 Å². The molecule has 21 heavy (non-hydrogen) atoms. The molecule has 1 N–H and O–H groups in total. The van der Waals surface area contributed by atoms with Gasteiger partial charge in [0.05, 0.1) is 6.42 Å². The second-order valence-corrected chi connectivity index (χ2v) is 5.71. The third-order valence-corrected chi connectivity index (χ3v) is 4.09. The van der Waals surface area contributed by atoms with Crippen molar-refractivity contribution in [3.05, 3.63) is 48.0 Å². The second-order valence-electron chi connectivity index (χ2n) is 5.71. The van der Waals surface area contributed by atoms with Crippen LogP contribution in [0.5, 0.6) is 0 Å². The van der Waals surface area contributed by atoms with Gasteiger partial charge in [-0.05, 0) is 28.7 Å². The summed E-state index contributed by atoms with van der Waals surface area (Å²) < 4.78 is 0. The summed E-state index contributed by atoms with van der Waals surface area (Å²) in [6, 6.07) is 14.5. The van der Waals surface area contributed by atoms with Crippen molar-refractivity contribution in [3.8, 4) is 0 Å². The lowest BCUT2D eigenvalue weighted by molar-refractivity contribution is -0.137. The molecule has 0 fully saturated rings. The van der Waals surface area contributed by atoms with Crippen molar-refractivity contribution in [2.75, 3.05) is 0 Å². The number of unbranched alkanes of at least 4 members (excludes halogenated alkanes) is 3. The molecule has 0 saturated carbocycles. The first-order valence-electron chi connectivity index (χ1n) is 7.91. The molecule has 0 aliphatic rings. The first-order valence-corrected chi connectivity index (χ1v) is 7.91. The number of carboxylic acids is 1. The van der Waals surface area contributed by atoms with Crippen LogP contribution in [0.1, 0.15) is 56.9 Å². The van der Waals surface area contributed by atoms with Gasteiger partial charge in [-0.2, -0.15) is 0 Å². The number of carboxylic acid groups (broad SMARTS) is 1. The summed E-state index contributed by atoms with van der Waals surface area (Å²) in [6.45, 7) is 2.19. The summed E-state index contributed by atoms with van der Waals surface area (Å²) in [5.74, 6) is -0.589. The normalized spacial score (nSPS) is 12.4. The zero-order valence-electron chi connectivity index (χ0n) is 12.7. The molecule has 2 aromatic rings. The lowest BCUT2D eigenvalue weighted by Crippen LogP contribution is -2.07. The quantitative estimate of drug-likeness (QED) is 0.662. The summed E-state index contributed by atoms with van der Waals surface area (Å²) >= 11 is 0. The third-order valence-electron chi connectivity index (χ3n) is 4.09. The smallest absolute Gasteiger partial charge is 0.303 e. The molecule has 0 saturated heterocycles. The van der Waals surface area contributed by atoms with Crippen LogP contribution >= 0.6 is 0 Å². The van der Waals surface area contributed by atoms with Crippen LogP contribution in [-0.2, 0) is 4.79 Å². The van der Waals surface area contributed by atoms with Gasteiger partial charge < -0.3 is 5.11 Å². The van der Waals surface area contributed by atoms with Crippen molar-refractivity contribution in [1.29, 1.82) is 0 Å². The summed E-state index contributed by atoms with van der Waals surface area (Å²) in [4.78, 5) is 11.2. The van der Waals surface area contributed by atoms with E-state index in [4.69, 9.17) is 0 Å². The van der Waals surface area contributed by atoms with E-state index in [1.54, 1.807) is 0 Å². The highest BCUT2D eigenvalue weighted by atomic mass is 16.4. The first-order chi connectivity index (χ1) is 10.2. The van der Waals surface area contributed by atoms with Crippen molar-refractivity contribution in [1.82, 2.24) is 0 Å². The average Bonchev–Trinajstić information content (AvgIpc) is 2.49. The van der Waals surface area contributed by atoms with Gasteiger partial charge in [-0.25, -0.2) is 0 Å². The summed E-state index contributed by atoms with van der Waals surface area (Å²) in [6.07, 6.45) is 5.92.